The normalized spacial score (nSPS) is 14.7. The summed E-state index contributed by atoms with van der Waals surface area (Å²) in [5.41, 5.74) is 4.80. The molecule has 38 heavy (non-hydrogen) atoms. The minimum Gasteiger partial charge on any atom is -0.346 e. The molecule has 1 saturated heterocycles. The van der Waals surface area contributed by atoms with Crippen LogP contribution in [0.3, 0.4) is 0 Å². The minimum atomic E-state index is -0.0769. The zero-order valence-corrected chi connectivity index (χ0v) is 22.7. The van der Waals surface area contributed by atoms with Crippen LogP contribution in [-0.2, 0) is 6.54 Å². The van der Waals surface area contributed by atoms with Gasteiger partial charge in [-0.1, -0.05) is 79.6 Å². The van der Waals surface area contributed by atoms with Gasteiger partial charge in [-0.25, -0.2) is 4.98 Å². The van der Waals surface area contributed by atoms with Crippen LogP contribution >= 0.6 is 11.6 Å². The van der Waals surface area contributed by atoms with Crippen molar-refractivity contribution in [3.05, 3.63) is 94.9 Å². The molecule has 0 radical (unpaired) electrons. The van der Waals surface area contributed by atoms with Gasteiger partial charge in [0.15, 0.2) is 5.78 Å². The fourth-order valence-electron chi connectivity index (χ4n) is 5.43. The second-order valence-corrected chi connectivity index (χ2v) is 10.6. The molecule has 0 amide bonds. The number of piperidine rings is 1. The summed E-state index contributed by atoms with van der Waals surface area (Å²) in [6.45, 7) is 9.10. The second-order valence-electron chi connectivity index (χ2n) is 10.2. The number of unbranched alkanes of at least 4 members (excludes halogenated alkanes) is 1. The van der Waals surface area contributed by atoms with Crippen molar-refractivity contribution in [3.8, 4) is 11.4 Å². The minimum absolute atomic E-state index is 0.0769. The number of fused-ring (bicyclic) bond motifs is 1. The van der Waals surface area contributed by atoms with E-state index in [1.165, 1.54) is 25.7 Å². The molecule has 3 heterocycles. The Bertz CT molecular complexity index is 1460. The number of hydrogen-bond acceptors (Lipinski definition) is 3. The number of carbonyl (C=O) groups excluding carboxylic acids is 1. The number of nitrogens with zero attached hydrogens (tertiary/aromatic N) is 2. The Hall–Kier alpha value is -3.41. The first-order valence-electron chi connectivity index (χ1n) is 13.5. The van der Waals surface area contributed by atoms with Gasteiger partial charge in [-0.15, -0.1) is 0 Å². The van der Waals surface area contributed by atoms with Gasteiger partial charge in [0.25, 0.3) is 0 Å². The van der Waals surface area contributed by atoms with E-state index < -0.39 is 0 Å². The van der Waals surface area contributed by atoms with Crippen LogP contribution in [0.2, 0.25) is 5.02 Å². The van der Waals surface area contributed by atoms with Crippen molar-refractivity contribution in [1.82, 2.24) is 19.9 Å². The van der Waals surface area contributed by atoms with Gasteiger partial charge in [-0.2, -0.15) is 0 Å². The van der Waals surface area contributed by atoms with E-state index in [4.69, 9.17) is 16.6 Å². The average molecular weight is 527 g/mol. The third-order valence-electron chi connectivity index (χ3n) is 7.57. The monoisotopic (exact) mass is 526 g/mol. The van der Waals surface area contributed by atoms with Gasteiger partial charge in [-0.05, 0) is 57.3 Å². The number of imidazole rings is 1. The predicted molar refractivity (Wildman–Crippen MR) is 158 cm³/mol. The first kappa shape index (κ1) is 26.2. The third-order valence-corrected chi connectivity index (χ3v) is 7.85. The Morgan fingerprint density at radius 3 is 2.68 bits per heavy atom. The number of allylic oxidation sites excluding steroid dienone is 2. The number of Topliss-reactive ketones (excluding diaryl/α,β-unsaturated/α-hetero) is 1. The van der Waals surface area contributed by atoms with Crippen molar-refractivity contribution in [3.63, 3.8) is 0 Å². The van der Waals surface area contributed by atoms with Gasteiger partial charge in [0, 0.05) is 40.5 Å². The number of hydrogen-bond donors (Lipinski definition) is 2. The average Bonchev–Trinajstić information content (AvgIpc) is 3.49. The fraction of sp³-hybridized carbons (Fsp3) is 0.312. The Labute approximate surface area is 229 Å². The molecular formula is C32H35ClN4O. The summed E-state index contributed by atoms with van der Waals surface area (Å²) >= 11 is 6.79. The predicted octanol–water partition coefficient (Wildman–Crippen LogP) is 7.62. The number of carbonyl (C=O) groups is 1. The lowest BCUT2D eigenvalue weighted by Gasteiger charge is -2.22. The van der Waals surface area contributed by atoms with Crippen molar-refractivity contribution in [2.75, 3.05) is 13.1 Å². The van der Waals surface area contributed by atoms with E-state index in [1.54, 1.807) is 12.2 Å². The van der Waals surface area contributed by atoms with Crippen LogP contribution in [-0.4, -0.2) is 33.4 Å². The lowest BCUT2D eigenvalue weighted by Crippen LogP contribution is -2.27. The SMILES string of the molecule is C=C/C(=C\c1nc(-c2cccc3c2c(Cl)cn3CCCCC2CCNCC2)[nH]c1C)C(=O)c1ccccc1. The molecule has 0 unspecified atom stereocenters. The van der Waals surface area contributed by atoms with Crippen LogP contribution in [0.15, 0.2) is 73.0 Å². The highest BCUT2D eigenvalue weighted by molar-refractivity contribution is 6.36. The zero-order valence-electron chi connectivity index (χ0n) is 22.0. The van der Waals surface area contributed by atoms with Crippen molar-refractivity contribution in [1.29, 1.82) is 0 Å². The first-order chi connectivity index (χ1) is 18.5. The van der Waals surface area contributed by atoms with Gasteiger partial charge in [0.2, 0.25) is 0 Å². The summed E-state index contributed by atoms with van der Waals surface area (Å²) in [6, 6.07) is 15.5. The number of aromatic nitrogens is 3. The van der Waals surface area contributed by atoms with Crippen LogP contribution in [0.5, 0.6) is 0 Å². The molecule has 0 bridgehead atoms. The largest absolute Gasteiger partial charge is 0.346 e. The van der Waals surface area contributed by atoms with Crippen LogP contribution in [0.25, 0.3) is 28.4 Å². The van der Waals surface area contributed by atoms with E-state index in [1.807, 2.05) is 49.5 Å². The summed E-state index contributed by atoms with van der Waals surface area (Å²) < 4.78 is 2.27. The molecule has 0 spiro atoms. The Balaban J connectivity index is 1.37. The smallest absolute Gasteiger partial charge is 0.193 e. The number of ketones is 1. The molecule has 196 valence electrons. The van der Waals surface area contributed by atoms with E-state index in [-0.39, 0.29) is 5.78 Å². The Morgan fingerprint density at radius 2 is 1.92 bits per heavy atom. The molecule has 5 rings (SSSR count). The molecule has 0 atom stereocenters. The first-order valence-corrected chi connectivity index (χ1v) is 13.9. The summed E-state index contributed by atoms with van der Waals surface area (Å²) in [6.07, 6.45) is 11.7. The molecule has 0 saturated carbocycles. The van der Waals surface area contributed by atoms with Gasteiger partial charge in [-0.3, -0.25) is 4.79 Å². The highest BCUT2D eigenvalue weighted by Crippen LogP contribution is 2.35. The molecule has 2 aromatic carbocycles. The third kappa shape index (κ3) is 5.69. The summed E-state index contributed by atoms with van der Waals surface area (Å²) in [4.78, 5) is 21.3. The number of aromatic amines is 1. The highest BCUT2D eigenvalue weighted by atomic mass is 35.5. The topological polar surface area (TPSA) is 62.7 Å². The maximum Gasteiger partial charge on any atom is 0.193 e. The molecule has 2 aromatic heterocycles. The Kier molecular flexibility index (Phi) is 8.26. The lowest BCUT2D eigenvalue weighted by molar-refractivity contribution is 0.103. The van der Waals surface area contributed by atoms with Crippen LogP contribution in [0.1, 0.15) is 53.8 Å². The second kappa shape index (κ2) is 12.0. The van der Waals surface area contributed by atoms with E-state index in [0.717, 1.165) is 65.0 Å². The molecule has 4 aromatic rings. The van der Waals surface area contributed by atoms with E-state index >= 15 is 0 Å². The van der Waals surface area contributed by atoms with Crippen LogP contribution < -0.4 is 5.32 Å². The zero-order chi connectivity index (χ0) is 26.5. The standard InChI is InChI=1S/C32H35ClN4O/c1-3-24(31(38)25-11-5-4-6-12-25)20-28-22(2)35-32(36-28)26-13-9-14-29-30(26)27(33)21-37(29)19-8-7-10-23-15-17-34-18-16-23/h3-6,9,11-14,20-21,23,34H,1,7-8,10,15-19H2,2H3,(H,35,36)/b24-20+. The van der Waals surface area contributed by atoms with E-state index in [0.29, 0.717) is 16.8 Å². The van der Waals surface area contributed by atoms with E-state index in [2.05, 4.69) is 33.6 Å². The molecule has 0 aliphatic carbocycles. The number of halogens is 1. The molecule has 1 aliphatic heterocycles. The number of H-pyrrole nitrogens is 1. The van der Waals surface area contributed by atoms with Crippen LogP contribution in [0.4, 0.5) is 0 Å². The maximum absolute atomic E-state index is 13.0. The Morgan fingerprint density at radius 1 is 1.13 bits per heavy atom. The fourth-order valence-corrected chi connectivity index (χ4v) is 5.75. The molecule has 1 aliphatic rings. The summed E-state index contributed by atoms with van der Waals surface area (Å²) in [5.74, 6) is 1.52. The number of aryl methyl sites for hydroxylation is 2. The maximum atomic E-state index is 13.0. The van der Waals surface area contributed by atoms with E-state index in [9.17, 15) is 4.79 Å². The number of benzene rings is 2. The van der Waals surface area contributed by atoms with Crippen molar-refractivity contribution >= 4 is 34.4 Å². The summed E-state index contributed by atoms with van der Waals surface area (Å²) in [5, 5.41) is 5.18. The van der Waals surface area contributed by atoms with Gasteiger partial charge >= 0.3 is 0 Å². The molecule has 5 nitrogen and oxygen atoms in total. The summed E-state index contributed by atoms with van der Waals surface area (Å²) in [7, 11) is 0. The van der Waals surface area contributed by atoms with Gasteiger partial charge in [0.1, 0.15) is 5.82 Å². The van der Waals surface area contributed by atoms with Crippen molar-refractivity contribution in [2.24, 2.45) is 5.92 Å². The quantitative estimate of drug-likeness (QED) is 0.0966. The van der Waals surface area contributed by atoms with Gasteiger partial charge < -0.3 is 14.9 Å². The molecule has 2 N–H and O–H groups in total. The molecular weight excluding hydrogens is 492 g/mol. The number of rotatable bonds is 10. The molecule has 1 fully saturated rings. The van der Waals surface area contributed by atoms with Crippen molar-refractivity contribution < 1.29 is 4.79 Å². The molecule has 6 heteroatoms. The van der Waals surface area contributed by atoms with Gasteiger partial charge in [0.05, 0.1) is 16.2 Å². The number of nitrogens with one attached hydrogen (secondary N) is 2. The lowest BCUT2D eigenvalue weighted by atomic mass is 9.92. The van der Waals surface area contributed by atoms with Crippen molar-refractivity contribution in [2.45, 2.75) is 45.6 Å². The highest BCUT2D eigenvalue weighted by Gasteiger charge is 2.17. The van der Waals surface area contributed by atoms with Crippen LogP contribution in [0, 0.1) is 12.8 Å².